The van der Waals surface area contributed by atoms with Gasteiger partial charge in [0.05, 0.1) is 28.8 Å². The molecule has 0 spiro atoms. The summed E-state index contributed by atoms with van der Waals surface area (Å²) in [7, 11) is 0.459. The van der Waals surface area contributed by atoms with Crippen LogP contribution in [0.4, 0.5) is 5.69 Å². The molecule has 0 fully saturated rings. The van der Waals surface area contributed by atoms with Crippen LogP contribution < -0.4 is 10.1 Å². The topological polar surface area (TPSA) is 113 Å². The normalized spacial score (nSPS) is 13.4. The van der Waals surface area contributed by atoms with E-state index in [0.29, 0.717) is 0 Å². The number of carbonyl (C=O) groups is 3. The molecule has 0 saturated heterocycles. The minimum Gasteiger partial charge on any atom is -0.495 e. The maximum absolute atomic E-state index is 12.8. The Labute approximate surface area is 180 Å². The number of amides is 3. The summed E-state index contributed by atoms with van der Waals surface area (Å²) in [6, 6.07) is 8.27. The van der Waals surface area contributed by atoms with Crippen molar-refractivity contribution in [2.24, 2.45) is 0 Å². The van der Waals surface area contributed by atoms with E-state index in [-0.39, 0.29) is 39.6 Å². The molecule has 0 atom stereocenters. The Kier molecular flexibility index (Phi) is 5.96. The Morgan fingerprint density at radius 1 is 1.13 bits per heavy atom. The second-order valence-corrected chi connectivity index (χ2v) is 9.03. The van der Waals surface area contributed by atoms with Gasteiger partial charge >= 0.3 is 0 Å². The standard InChI is InChI=1S/C21H21N3O6S/c1-5-10-24-20(26)15-8-6-13(11-16(15)21(24)27)19(25)22-17-12-14(7-9-18(17)30-4)31(28,29)23(2)3/h5-9,11-12H,1,10H2,2-4H3,(H,22,25). The van der Waals surface area contributed by atoms with Gasteiger partial charge in [0.15, 0.2) is 0 Å². The Morgan fingerprint density at radius 2 is 1.81 bits per heavy atom. The molecule has 0 unspecified atom stereocenters. The summed E-state index contributed by atoms with van der Waals surface area (Å²) in [5.74, 6) is -1.29. The van der Waals surface area contributed by atoms with Gasteiger partial charge in [0.2, 0.25) is 10.0 Å². The van der Waals surface area contributed by atoms with Crippen molar-refractivity contribution in [3.05, 3.63) is 65.7 Å². The fourth-order valence-corrected chi connectivity index (χ4v) is 4.01. The molecule has 9 nitrogen and oxygen atoms in total. The number of sulfonamides is 1. The van der Waals surface area contributed by atoms with Gasteiger partial charge in [-0.15, -0.1) is 6.58 Å². The van der Waals surface area contributed by atoms with E-state index in [4.69, 9.17) is 4.74 Å². The predicted molar refractivity (Wildman–Crippen MR) is 114 cm³/mol. The first-order valence-corrected chi connectivity index (χ1v) is 10.6. The Bertz CT molecular complexity index is 1200. The lowest BCUT2D eigenvalue weighted by Crippen LogP contribution is -2.29. The van der Waals surface area contributed by atoms with Crippen LogP contribution in [0, 0.1) is 0 Å². The van der Waals surface area contributed by atoms with Crippen molar-refractivity contribution in [1.29, 1.82) is 0 Å². The Morgan fingerprint density at radius 3 is 2.42 bits per heavy atom. The van der Waals surface area contributed by atoms with Crippen molar-refractivity contribution >= 4 is 33.4 Å². The minimum absolute atomic E-state index is 0.0246. The number of imide groups is 1. The van der Waals surface area contributed by atoms with E-state index in [1.165, 1.54) is 63.7 Å². The number of methoxy groups -OCH3 is 1. The van der Waals surface area contributed by atoms with Gasteiger partial charge in [-0.1, -0.05) is 6.08 Å². The quantitative estimate of drug-likeness (QED) is 0.517. The highest BCUT2D eigenvalue weighted by Gasteiger charge is 2.35. The number of fused-ring (bicyclic) bond motifs is 1. The van der Waals surface area contributed by atoms with Crippen LogP contribution in [0.3, 0.4) is 0 Å². The van der Waals surface area contributed by atoms with E-state index in [9.17, 15) is 22.8 Å². The number of rotatable bonds is 7. The molecule has 2 aromatic rings. The number of hydrogen-bond acceptors (Lipinski definition) is 6. The molecule has 162 valence electrons. The lowest BCUT2D eigenvalue weighted by molar-refractivity contribution is 0.0672. The summed E-state index contributed by atoms with van der Waals surface area (Å²) in [4.78, 5) is 38.6. The van der Waals surface area contributed by atoms with E-state index >= 15 is 0 Å². The van der Waals surface area contributed by atoms with Gasteiger partial charge in [0, 0.05) is 26.2 Å². The van der Waals surface area contributed by atoms with Gasteiger partial charge in [-0.2, -0.15) is 0 Å². The van der Waals surface area contributed by atoms with E-state index in [0.717, 1.165) is 9.21 Å². The smallest absolute Gasteiger partial charge is 0.261 e. The third-order valence-electron chi connectivity index (χ3n) is 4.74. The number of benzene rings is 2. The van der Waals surface area contributed by atoms with Gasteiger partial charge in [-0.3, -0.25) is 19.3 Å². The number of hydrogen-bond donors (Lipinski definition) is 1. The molecule has 0 aliphatic carbocycles. The average Bonchev–Trinajstić information content (AvgIpc) is 2.98. The van der Waals surface area contributed by atoms with Crippen molar-refractivity contribution in [2.75, 3.05) is 33.1 Å². The number of carbonyl (C=O) groups excluding carboxylic acids is 3. The summed E-state index contributed by atoms with van der Waals surface area (Å²) >= 11 is 0. The molecule has 0 saturated carbocycles. The van der Waals surface area contributed by atoms with E-state index in [2.05, 4.69) is 11.9 Å². The van der Waals surface area contributed by atoms with Crippen LogP contribution in [0.2, 0.25) is 0 Å². The molecular weight excluding hydrogens is 422 g/mol. The zero-order chi connectivity index (χ0) is 22.9. The molecule has 0 radical (unpaired) electrons. The molecule has 2 aromatic carbocycles. The number of anilines is 1. The molecule has 1 aliphatic heterocycles. The molecule has 3 rings (SSSR count). The largest absolute Gasteiger partial charge is 0.495 e. The molecule has 1 heterocycles. The molecule has 10 heteroatoms. The van der Waals surface area contributed by atoms with Crippen LogP contribution in [0.15, 0.2) is 53.9 Å². The monoisotopic (exact) mass is 443 g/mol. The summed E-state index contributed by atoms with van der Waals surface area (Å²) in [6.45, 7) is 3.60. The minimum atomic E-state index is -3.73. The van der Waals surface area contributed by atoms with Gasteiger partial charge in [0.1, 0.15) is 5.75 Å². The molecule has 0 aromatic heterocycles. The van der Waals surface area contributed by atoms with Crippen molar-refractivity contribution in [2.45, 2.75) is 4.90 Å². The van der Waals surface area contributed by atoms with E-state index in [1.54, 1.807) is 0 Å². The van der Waals surface area contributed by atoms with Crippen LogP contribution in [-0.2, 0) is 10.0 Å². The van der Waals surface area contributed by atoms with E-state index in [1.807, 2.05) is 0 Å². The second-order valence-electron chi connectivity index (χ2n) is 6.87. The first-order valence-electron chi connectivity index (χ1n) is 9.15. The van der Waals surface area contributed by atoms with Crippen LogP contribution in [0.5, 0.6) is 5.75 Å². The lowest BCUT2D eigenvalue weighted by Gasteiger charge is -2.15. The first-order chi connectivity index (χ1) is 14.6. The van der Waals surface area contributed by atoms with Crippen LogP contribution >= 0.6 is 0 Å². The summed E-state index contributed by atoms with van der Waals surface area (Å²) < 4.78 is 31.1. The molecule has 31 heavy (non-hydrogen) atoms. The number of nitrogens with zero attached hydrogens (tertiary/aromatic N) is 2. The van der Waals surface area contributed by atoms with Crippen molar-refractivity contribution in [1.82, 2.24) is 9.21 Å². The maximum Gasteiger partial charge on any atom is 0.261 e. The fourth-order valence-electron chi connectivity index (χ4n) is 3.08. The average molecular weight is 443 g/mol. The highest BCUT2D eigenvalue weighted by Crippen LogP contribution is 2.30. The van der Waals surface area contributed by atoms with Crippen molar-refractivity contribution in [3.63, 3.8) is 0 Å². The highest BCUT2D eigenvalue weighted by molar-refractivity contribution is 7.89. The van der Waals surface area contributed by atoms with Gasteiger partial charge in [-0.05, 0) is 36.4 Å². The predicted octanol–water partition coefficient (Wildman–Crippen LogP) is 1.98. The zero-order valence-corrected chi connectivity index (χ0v) is 18.0. The second kappa shape index (κ2) is 8.32. The molecule has 0 bridgehead atoms. The SMILES string of the molecule is C=CCN1C(=O)c2ccc(C(=O)Nc3cc(S(=O)(=O)N(C)C)ccc3OC)cc2C1=O. The molecule has 1 N–H and O–H groups in total. The Hall–Kier alpha value is -3.50. The summed E-state index contributed by atoms with van der Waals surface area (Å²) in [6.07, 6.45) is 1.44. The number of ether oxygens (including phenoxy) is 1. The zero-order valence-electron chi connectivity index (χ0n) is 17.2. The maximum atomic E-state index is 12.8. The van der Waals surface area contributed by atoms with Crippen molar-refractivity contribution < 1.29 is 27.5 Å². The van der Waals surface area contributed by atoms with Gasteiger partial charge in [0.25, 0.3) is 17.7 Å². The van der Waals surface area contributed by atoms with E-state index < -0.39 is 27.7 Å². The van der Waals surface area contributed by atoms with Gasteiger partial charge < -0.3 is 10.1 Å². The van der Waals surface area contributed by atoms with Crippen LogP contribution in [-0.4, -0.2) is 63.1 Å². The fraction of sp³-hybridized carbons (Fsp3) is 0.190. The molecular formula is C21H21N3O6S. The Balaban J connectivity index is 1.94. The number of nitrogens with one attached hydrogen (secondary N) is 1. The summed E-state index contributed by atoms with van der Waals surface area (Å²) in [5.41, 5.74) is 0.602. The lowest BCUT2D eigenvalue weighted by atomic mass is 10.1. The van der Waals surface area contributed by atoms with Gasteiger partial charge in [-0.25, -0.2) is 12.7 Å². The van der Waals surface area contributed by atoms with Crippen molar-refractivity contribution in [3.8, 4) is 5.75 Å². The molecule has 3 amide bonds. The third-order valence-corrected chi connectivity index (χ3v) is 6.55. The summed E-state index contributed by atoms with van der Waals surface area (Å²) in [5, 5.41) is 2.61. The molecule has 1 aliphatic rings. The third kappa shape index (κ3) is 3.94. The van der Waals surface area contributed by atoms with Crippen LogP contribution in [0.1, 0.15) is 31.1 Å². The first kappa shape index (κ1) is 22.2. The van der Waals surface area contributed by atoms with Crippen LogP contribution in [0.25, 0.3) is 0 Å². The highest BCUT2D eigenvalue weighted by atomic mass is 32.2.